The molecule has 1 nitrogen and oxygen atoms in total. The SMILES string of the molecule is CCn1c2ccccc2c2c(Br)c(F)ccc21. The van der Waals surface area contributed by atoms with Crippen LogP contribution in [0.2, 0.25) is 0 Å². The molecule has 0 bridgehead atoms. The van der Waals surface area contributed by atoms with Crippen LogP contribution in [0.5, 0.6) is 0 Å². The van der Waals surface area contributed by atoms with Crippen LogP contribution in [0, 0.1) is 5.82 Å². The summed E-state index contributed by atoms with van der Waals surface area (Å²) in [6.07, 6.45) is 0. The number of benzene rings is 2. The highest BCUT2D eigenvalue weighted by Gasteiger charge is 2.13. The Kier molecular flexibility index (Phi) is 2.44. The quantitative estimate of drug-likeness (QED) is 0.612. The van der Waals surface area contributed by atoms with Crippen molar-refractivity contribution in [3.63, 3.8) is 0 Å². The third-order valence-corrected chi connectivity index (χ3v) is 3.92. The molecule has 17 heavy (non-hydrogen) atoms. The Balaban J connectivity index is 2.64. The summed E-state index contributed by atoms with van der Waals surface area (Å²) >= 11 is 3.36. The molecule has 1 heterocycles. The first-order valence-electron chi connectivity index (χ1n) is 5.59. The van der Waals surface area contributed by atoms with Gasteiger partial charge in [-0.3, -0.25) is 0 Å². The molecule has 0 amide bonds. The molecule has 1 aromatic heterocycles. The van der Waals surface area contributed by atoms with Crippen LogP contribution in [-0.2, 0) is 6.54 Å². The van der Waals surface area contributed by atoms with Crippen molar-refractivity contribution in [2.24, 2.45) is 0 Å². The van der Waals surface area contributed by atoms with Crippen molar-refractivity contribution in [3.05, 3.63) is 46.7 Å². The zero-order chi connectivity index (χ0) is 12.0. The lowest BCUT2D eigenvalue weighted by molar-refractivity contribution is 0.623. The van der Waals surface area contributed by atoms with Gasteiger partial charge in [0.25, 0.3) is 0 Å². The van der Waals surface area contributed by atoms with E-state index in [4.69, 9.17) is 0 Å². The van der Waals surface area contributed by atoms with E-state index in [2.05, 4.69) is 33.5 Å². The Morgan fingerprint density at radius 2 is 1.88 bits per heavy atom. The molecule has 0 spiro atoms. The van der Waals surface area contributed by atoms with Gasteiger partial charge in [0.05, 0.1) is 9.99 Å². The number of nitrogens with zero attached hydrogens (tertiary/aromatic N) is 1. The summed E-state index contributed by atoms with van der Waals surface area (Å²) in [5.74, 6) is -0.212. The summed E-state index contributed by atoms with van der Waals surface area (Å²) < 4.78 is 16.4. The number of rotatable bonds is 1. The molecule has 0 radical (unpaired) electrons. The van der Waals surface area contributed by atoms with E-state index in [1.54, 1.807) is 0 Å². The van der Waals surface area contributed by atoms with Crippen molar-refractivity contribution in [2.45, 2.75) is 13.5 Å². The lowest BCUT2D eigenvalue weighted by Gasteiger charge is -2.02. The van der Waals surface area contributed by atoms with Crippen molar-refractivity contribution in [1.82, 2.24) is 4.57 Å². The van der Waals surface area contributed by atoms with Crippen LogP contribution in [-0.4, -0.2) is 4.57 Å². The molecule has 86 valence electrons. The first kappa shape index (κ1) is 10.8. The van der Waals surface area contributed by atoms with Gasteiger partial charge in [-0.15, -0.1) is 0 Å². The molecule has 3 aromatic rings. The number of aryl methyl sites for hydroxylation is 1. The predicted molar refractivity (Wildman–Crippen MR) is 72.8 cm³/mol. The normalized spacial score (nSPS) is 11.5. The second-order valence-corrected chi connectivity index (χ2v) is 4.81. The highest BCUT2D eigenvalue weighted by molar-refractivity contribution is 9.10. The highest BCUT2D eigenvalue weighted by Crippen LogP contribution is 2.35. The number of aromatic nitrogens is 1. The number of fused-ring (bicyclic) bond motifs is 3. The van der Waals surface area contributed by atoms with E-state index in [9.17, 15) is 4.39 Å². The zero-order valence-electron chi connectivity index (χ0n) is 9.37. The monoisotopic (exact) mass is 291 g/mol. The van der Waals surface area contributed by atoms with Gasteiger partial charge in [0, 0.05) is 22.8 Å². The summed E-state index contributed by atoms with van der Waals surface area (Å²) in [6, 6.07) is 11.5. The van der Waals surface area contributed by atoms with Crippen molar-refractivity contribution in [1.29, 1.82) is 0 Å². The molecular weight excluding hydrogens is 281 g/mol. The smallest absolute Gasteiger partial charge is 0.138 e. The van der Waals surface area contributed by atoms with Crippen molar-refractivity contribution < 1.29 is 4.39 Å². The van der Waals surface area contributed by atoms with Gasteiger partial charge in [-0.2, -0.15) is 0 Å². The van der Waals surface area contributed by atoms with Gasteiger partial charge >= 0.3 is 0 Å². The summed E-state index contributed by atoms with van der Waals surface area (Å²) in [6.45, 7) is 2.98. The molecule has 0 aliphatic heterocycles. The Bertz CT molecular complexity index is 715. The van der Waals surface area contributed by atoms with Gasteiger partial charge in [-0.25, -0.2) is 4.39 Å². The average molecular weight is 292 g/mol. The van der Waals surface area contributed by atoms with E-state index in [1.807, 2.05) is 24.3 Å². The maximum absolute atomic E-state index is 13.6. The molecule has 0 fully saturated rings. The molecule has 2 aromatic carbocycles. The van der Waals surface area contributed by atoms with Gasteiger partial charge in [0.15, 0.2) is 0 Å². The minimum absolute atomic E-state index is 0.212. The van der Waals surface area contributed by atoms with Crippen molar-refractivity contribution >= 4 is 37.7 Å². The first-order valence-corrected chi connectivity index (χ1v) is 6.38. The van der Waals surface area contributed by atoms with Crippen LogP contribution in [0.4, 0.5) is 4.39 Å². The molecule has 0 atom stereocenters. The van der Waals surface area contributed by atoms with Gasteiger partial charge in [-0.05, 0) is 41.1 Å². The molecule has 3 heteroatoms. The number of hydrogen-bond donors (Lipinski definition) is 0. The molecule has 0 unspecified atom stereocenters. The maximum Gasteiger partial charge on any atom is 0.138 e. The summed E-state index contributed by atoms with van der Waals surface area (Å²) in [4.78, 5) is 0. The third-order valence-electron chi connectivity index (χ3n) is 3.14. The summed E-state index contributed by atoms with van der Waals surface area (Å²) in [5, 5.41) is 2.05. The minimum Gasteiger partial charge on any atom is -0.341 e. The largest absolute Gasteiger partial charge is 0.341 e. The Hall–Kier alpha value is -1.35. The van der Waals surface area contributed by atoms with E-state index in [0.717, 1.165) is 28.4 Å². The summed E-state index contributed by atoms with van der Waals surface area (Å²) in [5.41, 5.74) is 2.22. The fraction of sp³-hybridized carbons (Fsp3) is 0.143. The Labute approximate surface area is 107 Å². The maximum atomic E-state index is 13.6. The van der Waals surface area contributed by atoms with Crippen LogP contribution in [0.15, 0.2) is 40.9 Å². The molecule has 3 rings (SSSR count). The standard InChI is InChI=1S/C14H11BrFN/c1-2-17-11-6-4-3-5-9(11)13-12(17)8-7-10(16)14(13)15/h3-8H,2H2,1H3. The van der Waals surface area contributed by atoms with E-state index >= 15 is 0 Å². The lowest BCUT2D eigenvalue weighted by atomic mass is 10.1. The Morgan fingerprint density at radius 1 is 1.12 bits per heavy atom. The Morgan fingerprint density at radius 3 is 2.65 bits per heavy atom. The second kappa shape index (κ2) is 3.84. The van der Waals surface area contributed by atoms with E-state index in [-0.39, 0.29) is 5.82 Å². The molecule has 0 saturated carbocycles. The fourth-order valence-electron chi connectivity index (χ4n) is 2.41. The average Bonchev–Trinajstić information content (AvgIpc) is 2.68. The van der Waals surface area contributed by atoms with Gasteiger partial charge in [-0.1, -0.05) is 18.2 Å². The lowest BCUT2D eigenvalue weighted by Crippen LogP contribution is -1.92. The number of hydrogen-bond acceptors (Lipinski definition) is 0. The number of halogens is 2. The number of para-hydroxylation sites is 1. The van der Waals surface area contributed by atoms with E-state index in [1.165, 1.54) is 6.07 Å². The zero-order valence-corrected chi connectivity index (χ0v) is 11.0. The third kappa shape index (κ3) is 1.42. The van der Waals surface area contributed by atoms with Crippen molar-refractivity contribution in [3.8, 4) is 0 Å². The van der Waals surface area contributed by atoms with E-state index < -0.39 is 0 Å². The fourth-order valence-corrected chi connectivity index (χ4v) is 2.96. The predicted octanol–water partition coefficient (Wildman–Crippen LogP) is 4.72. The van der Waals surface area contributed by atoms with Crippen LogP contribution in [0.3, 0.4) is 0 Å². The highest BCUT2D eigenvalue weighted by atomic mass is 79.9. The van der Waals surface area contributed by atoms with Crippen LogP contribution in [0.1, 0.15) is 6.92 Å². The molecular formula is C14H11BrFN. The molecule has 0 N–H and O–H groups in total. The van der Waals surface area contributed by atoms with Crippen molar-refractivity contribution in [2.75, 3.05) is 0 Å². The topological polar surface area (TPSA) is 4.93 Å². The molecule has 0 aliphatic rings. The van der Waals surface area contributed by atoms with Gasteiger partial charge in [0.2, 0.25) is 0 Å². The van der Waals surface area contributed by atoms with Crippen LogP contribution in [0.25, 0.3) is 21.8 Å². The summed E-state index contributed by atoms with van der Waals surface area (Å²) in [7, 11) is 0. The van der Waals surface area contributed by atoms with Gasteiger partial charge < -0.3 is 4.57 Å². The van der Waals surface area contributed by atoms with Crippen LogP contribution >= 0.6 is 15.9 Å². The first-order chi connectivity index (χ1) is 8.24. The second-order valence-electron chi connectivity index (χ2n) is 4.02. The van der Waals surface area contributed by atoms with Crippen LogP contribution < -0.4 is 0 Å². The molecule has 0 aliphatic carbocycles. The molecule has 0 saturated heterocycles. The van der Waals surface area contributed by atoms with E-state index in [0.29, 0.717) is 4.47 Å². The minimum atomic E-state index is -0.212. The van der Waals surface area contributed by atoms with Gasteiger partial charge in [0.1, 0.15) is 5.82 Å².